The molecular formula is C9H10O3S. The number of carbonyl (C=O) groups excluding carboxylic acids is 2. The lowest BCUT2D eigenvalue weighted by Gasteiger charge is -1.97. The SMILES string of the molecule is COC(=O)C(=O)Cc1sccc1C. The second-order valence-electron chi connectivity index (χ2n) is 2.62. The van der Waals surface area contributed by atoms with Crippen molar-refractivity contribution in [2.24, 2.45) is 0 Å². The Morgan fingerprint density at radius 2 is 2.23 bits per heavy atom. The predicted octanol–water partition coefficient (Wildman–Crippen LogP) is 1.34. The normalized spacial score (nSPS) is 9.69. The van der Waals surface area contributed by atoms with Gasteiger partial charge in [0, 0.05) is 4.88 Å². The van der Waals surface area contributed by atoms with Crippen molar-refractivity contribution in [2.75, 3.05) is 7.11 Å². The molecule has 3 nitrogen and oxygen atoms in total. The van der Waals surface area contributed by atoms with E-state index in [1.165, 1.54) is 18.4 Å². The molecule has 1 heterocycles. The van der Waals surface area contributed by atoms with Gasteiger partial charge in [-0.15, -0.1) is 11.3 Å². The highest BCUT2D eigenvalue weighted by Gasteiger charge is 2.15. The summed E-state index contributed by atoms with van der Waals surface area (Å²) in [5, 5.41) is 1.90. The molecule has 0 bridgehead atoms. The fourth-order valence-electron chi connectivity index (χ4n) is 0.917. The molecule has 0 aliphatic rings. The Morgan fingerprint density at radius 1 is 1.54 bits per heavy atom. The quantitative estimate of drug-likeness (QED) is 0.543. The Hall–Kier alpha value is -1.16. The van der Waals surface area contributed by atoms with Gasteiger partial charge in [0.2, 0.25) is 5.78 Å². The number of hydrogen-bond acceptors (Lipinski definition) is 4. The first-order valence-corrected chi connectivity index (χ1v) is 4.67. The van der Waals surface area contributed by atoms with Crippen molar-refractivity contribution in [1.82, 2.24) is 0 Å². The van der Waals surface area contributed by atoms with E-state index < -0.39 is 11.8 Å². The van der Waals surface area contributed by atoms with Crippen LogP contribution in [-0.2, 0) is 20.7 Å². The van der Waals surface area contributed by atoms with Crippen molar-refractivity contribution in [2.45, 2.75) is 13.3 Å². The molecule has 0 fully saturated rings. The Balaban J connectivity index is 2.65. The van der Waals surface area contributed by atoms with Crippen LogP contribution < -0.4 is 0 Å². The zero-order chi connectivity index (χ0) is 9.84. The van der Waals surface area contributed by atoms with Crippen LogP contribution in [0.2, 0.25) is 0 Å². The molecule has 0 aliphatic heterocycles. The van der Waals surface area contributed by atoms with Gasteiger partial charge in [0.25, 0.3) is 0 Å². The molecular weight excluding hydrogens is 188 g/mol. The fourth-order valence-corrected chi connectivity index (χ4v) is 1.82. The summed E-state index contributed by atoms with van der Waals surface area (Å²) in [6.07, 6.45) is 0.149. The topological polar surface area (TPSA) is 43.4 Å². The van der Waals surface area contributed by atoms with Gasteiger partial charge in [-0.05, 0) is 23.9 Å². The van der Waals surface area contributed by atoms with E-state index in [9.17, 15) is 9.59 Å². The van der Waals surface area contributed by atoms with Crippen molar-refractivity contribution in [3.63, 3.8) is 0 Å². The largest absolute Gasteiger partial charge is 0.463 e. The highest BCUT2D eigenvalue weighted by Crippen LogP contribution is 2.16. The molecule has 0 radical (unpaired) electrons. The van der Waals surface area contributed by atoms with E-state index in [2.05, 4.69) is 4.74 Å². The molecule has 1 aromatic rings. The third-order valence-corrected chi connectivity index (χ3v) is 2.73. The van der Waals surface area contributed by atoms with Crippen LogP contribution in [0.15, 0.2) is 11.4 Å². The van der Waals surface area contributed by atoms with E-state index in [0.29, 0.717) is 0 Å². The summed E-state index contributed by atoms with van der Waals surface area (Å²) in [7, 11) is 1.21. The number of aryl methyl sites for hydroxylation is 1. The van der Waals surface area contributed by atoms with Crippen LogP contribution >= 0.6 is 11.3 Å². The number of rotatable bonds is 3. The zero-order valence-corrected chi connectivity index (χ0v) is 8.31. The van der Waals surface area contributed by atoms with Crippen LogP contribution in [0.1, 0.15) is 10.4 Å². The molecule has 0 saturated heterocycles. The van der Waals surface area contributed by atoms with Gasteiger partial charge in [-0.25, -0.2) is 4.79 Å². The molecule has 13 heavy (non-hydrogen) atoms. The van der Waals surface area contributed by atoms with Gasteiger partial charge in [-0.3, -0.25) is 4.79 Å². The van der Waals surface area contributed by atoms with E-state index in [0.717, 1.165) is 10.4 Å². The zero-order valence-electron chi connectivity index (χ0n) is 7.49. The molecule has 0 amide bonds. The lowest BCUT2D eigenvalue weighted by molar-refractivity contribution is -0.151. The highest BCUT2D eigenvalue weighted by atomic mass is 32.1. The number of methoxy groups -OCH3 is 1. The molecule has 0 atom stereocenters. The van der Waals surface area contributed by atoms with Gasteiger partial charge in [0.15, 0.2) is 0 Å². The molecule has 1 aromatic heterocycles. The first-order chi connectivity index (χ1) is 6.15. The van der Waals surface area contributed by atoms with Gasteiger partial charge in [0.1, 0.15) is 0 Å². The molecule has 0 spiro atoms. The maximum Gasteiger partial charge on any atom is 0.374 e. The Morgan fingerprint density at radius 3 is 2.69 bits per heavy atom. The van der Waals surface area contributed by atoms with E-state index >= 15 is 0 Å². The van der Waals surface area contributed by atoms with Gasteiger partial charge < -0.3 is 4.74 Å². The van der Waals surface area contributed by atoms with Crippen LogP contribution in [0.5, 0.6) is 0 Å². The molecule has 4 heteroatoms. The summed E-state index contributed by atoms with van der Waals surface area (Å²) < 4.78 is 4.32. The second kappa shape index (κ2) is 4.18. The number of hydrogen-bond donors (Lipinski definition) is 0. The van der Waals surface area contributed by atoms with Crippen molar-refractivity contribution < 1.29 is 14.3 Å². The van der Waals surface area contributed by atoms with Gasteiger partial charge in [-0.1, -0.05) is 0 Å². The second-order valence-corrected chi connectivity index (χ2v) is 3.62. The number of thiophene rings is 1. The number of esters is 1. The smallest absolute Gasteiger partial charge is 0.374 e. The molecule has 0 N–H and O–H groups in total. The number of Topliss-reactive ketones (excluding diaryl/α,β-unsaturated/α-hetero) is 1. The molecule has 0 aliphatic carbocycles. The van der Waals surface area contributed by atoms with Crippen LogP contribution in [0.4, 0.5) is 0 Å². The summed E-state index contributed by atoms with van der Waals surface area (Å²) in [5.41, 5.74) is 1.04. The standard InChI is InChI=1S/C9H10O3S/c1-6-3-4-13-8(6)5-7(10)9(11)12-2/h3-4H,5H2,1-2H3. The van der Waals surface area contributed by atoms with Crippen molar-refractivity contribution in [3.8, 4) is 0 Å². The van der Waals surface area contributed by atoms with E-state index in [1.807, 2.05) is 18.4 Å². The first-order valence-electron chi connectivity index (χ1n) is 3.79. The molecule has 0 aromatic carbocycles. The summed E-state index contributed by atoms with van der Waals surface area (Å²) in [5.74, 6) is -1.26. The molecule has 70 valence electrons. The van der Waals surface area contributed by atoms with Crippen LogP contribution in [0.25, 0.3) is 0 Å². The van der Waals surface area contributed by atoms with Crippen molar-refractivity contribution in [3.05, 3.63) is 21.9 Å². The van der Waals surface area contributed by atoms with Crippen LogP contribution in [-0.4, -0.2) is 18.9 Å². The minimum absolute atomic E-state index is 0.149. The van der Waals surface area contributed by atoms with E-state index in [4.69, 9.17) is 0 Å². The predicted molar refractivity (Wildman–Crippen MR) is 49.8 cm³/mol. The minimum atomic E-state index is -0.771. The average Bonchev–Trinajstić information content (AvgIpc) is 2.50. The Labute approximate surface area is 80.3 Å². The van der Waals surface area contributed by atoms with Gasteiger partial charge in [-0.2, -0.15) is 0 Å². The maximum atomic E-state index is 11.1. The fraction of sp³-hybridized carbons (Fsp3) is 0.333. The Kier molecular flexibility index (Phi) is 3.19. The molecule has 0 unspecified atom stereocenters. The Bertz CT molecular complexity index is 327. The average molecular weight is 198 g/mol. The highest BCUT2D eigenvalue weighted by molar-refractivity contribution is 7.10. The van der Waals surface area contributed by atoms with Crippen molar-refractivity contribution in [1.29, 1.82) is 0 Å². The summed E-state index contributed by atoms with van der Waals surface area (Å²) in [6, 6.07) is 1.92. The van der Waals surface area contributed by atoms with Crippen LogP contribution in [0.3, 0.4) is 0 Å². The third-order valence-electron chi connectivity index (χ3n) is 1.70. The minimum Gasteiger partial charge on any atom is -0.463 e. The summed E-state index contributed by atoms with van der Waals surface area (Å²) in [4.78, 5) is 22.8. The maximum absolute atomic E-state index is 11.1. The lowest BCUT2D eigenvalue weighted by Crippen LogP contribution is -2.17. The summed E-state index contributed by atoms with van der Waals surface area (Å²) in [6.45, 7) is 1.91. The van der Waals surface area contributed by atoms with Gasteiger partial charge >= 0.3 is 5.97 Å². The molecule has 0 saturated carbocycles. The van der Waals surface area contributed by atoms with E-state index in [1.54, 1.807) is 0 Å². The number of carbonyl (C=O) groups is 2. The van der Waals surface area contributed by atoms with Gasteiger partial charge in [0.05, 0.1) is 13.5 Å². The summed E-state index contributed by atoms with van der Waals surface area (Å²) >= 11 is 1.48. The van der Waals surface area contributed by atoms with Crippen molar-refractivity contribution >= 4 is 23.1 Å². The number of ketones is 1. The monoisotopic (exact) mass is 198 g/mol. The molecule has 1 rings (SSSR count). The van der Waals surface area contributed by atoms with E-state index in [-0.39, 0.29) is 6.42 Å². The number of ether oxygens (including phenoxy) is 1. The van der Waals surface area contributed by atoms with Crippen LogP contribution in [0, 0.1) is 6.92 Å². The third kappa shape index (κ3) is 2.39. The first kappa shape index (κ1) is 9.92. The lowest BCUT2D eigenvalue weighted by atomic mass is 10.2.